The van der Waals surface area contributed by atoms with E-state index < -0.39 is 0 Å². The maximum atomic E-state index is 13.2. The molecule has 0 aliphatic carbocycles. The Balaban J connectivity index is 2.19. The summed E-state index contributed by atoms with van der Waals surface area (Å²) in [6.45, 7) is 3.98. The van der Waals surface area contributed by atoms with Crippen LogP contribution in [0.3, 0.4) is 0 Å². The van der Waals surface area contributed by atoms with Crippen LogP contribution in [0.4, 0.5) is 4.39 Å². The molecule has 3 heteroatoms. The van der Waals surface area contributed by atoms with Gasteiger partial charge in [-0.3, -0.25) is 0 Å². The first-order valence-corrected chi connectivity index (χ1v) is 7.69. The SMILES string of the molecule is CCNCC(Cc1ccc(F)cc1Br)c1ccccc1. The summed E-state index contributed by atoms with van der Waals surface area (Å²) in [5.41, 5.74) is 2.45. The van der Waals surface area contributed by atoms with Gasteiger partial charge in [0.05, 0.1) is 0 Å². The quantitative estimate of drug-likeness (QED) is 0.818. The van der Waals surface area contributed by atoms with Gasteiger partial charge in [0, 0.05) is 16.9 Å². The van der Waals surface area contributed by atoms with Crippen molar-refractivity contribution < 1.29 is 4.39 Å². The van der Waals surface area contributed by atoms with Gasteiger partial charge in [-0.05, 0) is 36.2 Å². The van der Waals surface area contributed by atoms with Crippen LogP contribution in [-0.2, 0) is 6.42 Å². The number of likely N-dealkylation sites (N-methyl/N-ethyl adjacent to an activating group) is 1. The van der Waals surface area contributed by atoms with Gasteiger partial charge in [0.1, 0.15) is 5.82 Å². The van der Waals surface area contributed by atoms with E-state index in [9.17, 15) is 4.39 Å². The first kappa shape index (κ1) is 15.2. The summed E-state index contributed by atoms with van der Waals surface area (Å²) in [6, 6.07) is 15.4. The Hall–Kier alpha value is -1.19. The number of hydrogen-bond donors (Lipinski definition) is 1. The average Bonchev–Trinajstić information content (AvgIpc) is 2.46. The minimum absolute atomic E-state index is 0.205. The van der Waals surface area contributed by atoms with Gasteiger partial charge in [0.15, 0.2) is 0 Å². The van der Waals surface area contributed by atoms with Gasteiger partial charge < -0.3 is 5.32 Å². The second kappa shape index (κ2) is 7.55. The van der Waals surface area contributed by atoms with Crippen LogP contribution in [0.25, 0.3) is 0 Å². The third-order valence-corrected chi connectivity index (χ3v) is 4.13. The molecule has 0 saturated carbocycles. The van der Waals surface area contributed by atoms with Gasteiger partial charge in [-0.25, -0.2) is 4.39 Å². The van der Waals surface area contributed by atoms with Crippen molar-refractivity contribution >= 4 is 15.9 Å². The van der Waals surface area contributed by atoms with Crippen LogP contribution in [0.15, 0.2) is 53.0 Å². The summed E-state index contributed by atoms with van der Waals surface area (Å²) in [5.74, 6) is 0.182. The lowest BCUT2D eigenvalue weighted by molar-refractivity contribution is 0.591. The molecular weight excluding hydrogens is 317 g/mol. The summed E-state index contributed by atoms with van der Waals surface area (Å²) in [5, 5.41) is 3.41. The van der Waals surface area contributed by atoms with E-state index in [1.165, 1.54) is 17.7 Å². The van der Waals surface area contributed by atoms with Crippen LogP contribution >= 0.6 is 15.9 Å². The van der Waals surface area contributed by atoms with E-state index in [0.717, 1.165) is 29.5 Å². The zero-order valence-electron chi connectivity index (χ0n) is 11.6. The molecular formula is C17H19BrFN. The van der Waals surface area contributed by atoms with E-state index in [1.54, 1.807) is 0 Å². The Kier molecular flexibility index (Phi) is 5.74. The highest BCUT2D eigenvalue weighted by molar-refractivity contribution is 9.10. The molecule has 0 aliphatic heterocycles. The van der Waals surface area contributed by atoms with Gasteiger partial charge >= 0.3 is 0 Å². The van der Waals surface area contributed by atoms with E-state index >= 15 is 0 Å². The molecule has 0 radical (unpaired) electrons. The molecule has 0 amide bonds. The van der Waals surface area contributed by atoms with Crippen LogP contribution in [-0.4, -0.2) is 13.1 Å². The lowest BCUT2D eigenvalue weighted by atomic mass is 9.92. The molecule has 0 heterocycles. The summed E-state index contributed by atoms with van der Waals surface area (Å²) >= 11 is 3.46. The van der Waals surface area contributed by atoms with Crippen molar-refractivity contribution in [3.05, 3.63) is 69.9 Å². The summed E-state index contributed by atoms with van der Waals surface area (Å²) in [4.78, 5) is 0. The predicted molar refractivity (Wildman–Crippen MR) is 85.5 cm³/mol. The normalized spacial score (nSPS) is 12.3. The molecule has 0 fully saturated rings. The number of benzene rings is 2. The molecule has 0 spiro atoms. The molecule has 0 aromatic heterocycles. The fourth-order valence-electron chi connectivity index (χ4n) is 2.30. The van der Waals surface area contributed by atoms with E-state index in [1.807, 2.05) is 12.1 Å². The number of halogens is 2. The third kappa shape index (κ3) is 4.15. The fraction of sp³-hybridized carbons (Fsp3) is 0.294. The Morgan fingerprint density at radius 2 is 1.90 bits per heavy atom. The Morgan fingerprint density at radius 3 is 2.55 bits per heavy atom. The van der Waals surface area contributed by atoms with Gasteiger partial charge in [-0.15, -0.1) is 0 Å². The third-order valence-electron chi connectivity index (χ3n) is 3.39. The van der Waals surface area contributed by atoms with Crippen LogP contribution in [0.2, 0.25) is 0 Å². The lowest BCUT2D eigenvalue weighted by Gasteiger charge is -2.19. The van der Waals surface area contributed by atoms with Crippen LogP contribution in [0, 0.1) is 5.82 Å². The van der Waals surface area contributed by atoms with Gasteiger partial charge in [-0.1, -0.05) is 59.3 Å². The molecule has 1 unspecified atom stereocenters. The standard InChI is InChI=1S/C17H19BrFN/c1-2-20-12-15(13-6-4-3-5-7-13)10-14-8-9-16(19)11-17(14)18/h3-9,11,15,20H,2,10,12H2,1H3. The smallest absolute Gasteiger partial charge is 0.124 e. The summed E-state index contributed by atoms with van der Waals surface area (Å²) < 4.78 is 14.0. The number of rotatable bonds is 6. The molecule has 2 aromatic rings. The van der Waals surface area contributed by atoms with Crippen molar-refractivity contribution in [2.75, 3.05) is 13.1 Å². The van der Waals surface area contributed by atoms with Gasteiger partial charge in [-0.2, -0.15) is 0 Å². The van der Waals surface area contributed by atoms with Gasteiger partial charge in [0.2, 0.25) is 0 Å². The molecule has 20 heavy (non-hydrogen) atoms. The Bertz CT molecular complexity index is 542. The molecule has 1 nitrogen and oxygen atoms in total. The highest BCUT2D eigenvalue weighted by Gasteiger charge is 2.13. The van der Waals surface area contributed by atoms with E-state index in [-0.39, 0.29) is 5.82 Å². The van der Waals surface area contributed by atoms with E-state index in [4.69, 9.17) is 0 Å². The number of hydrogen-bond acceptors (Lipinski definition) is 1. The molecule has 106 valence electrons. The molecule has 1 atom stereocenters. The van der Waals surface area contributed by atoms with Crippen molar-refractivity contribution in [2.24, 2.45) is 0 Å². The van der Waals surface area contributed by atoms with Crippen molar-refractivity contribution in [3.63, 3.8) is 0 Å². The second-order valence-corrected chi connectivity index (χ2v) is 5.71. The predicted octanol–water partition coefficient (Wildman–Crippen LogP) is 4.52. The summed E-state index contributed by atoms with van der Waals surface area (Å²) in [6.07, 6.45) is 0.887. The molecule has 0 bridgehead atoms. The molecule has 0 aliphatic rings. The monoisotopic (exact) mass is 335 g/mol. The van der Waals surface area contributed by atoms with E-state index in [0.29, 0.717) is 5.92 Å². The second-order valence-electron chi connectivity index (χ2n) is 4.86. The van der Waals surface area contributed by atoms with Gasteiger partial charge in [0.25, 0.3) is 0 Å². The highest BCUT2D eigenvalue weighted by Crippen LogP contribution is 2.26. The van der Waals surface area contributed by atoms with Crippen molar-refractivity contribution in [1.29, 1.82) is 0 Å². The molecule has 0 saturated heterocycles. The molecule has 1 N–H and O–H groups in total. The summed E-state index contributed by atoms with van der Waals surface area (Å²) in [7, 11) is 0. The molecule has 2 aromatic carbocycles. The zero-order valence-corrected chi connectivity index (χ0v) is 13.2. The molecule has 2 rings (SSSR count). The zero-order chi connectivity index (χ0) is 14.4. The fourth-order valence-corrected chi connectivity index (χ4v) is 2.82. The number of nitrogens with one attached hydrogen (secondary N) is 1. The lowest BCUT2D eigenvalue weighted by Crippen LogP contribution is -2.22. The maximum Gasteiger partial charge on any atom is 0.124 e. The van der Waals surface area contributed by atoms with Crippen molar-refractivity contribution in [3.8, 4) is 0 Å². The Morgan fingerprint density at radius 1 is 1.15 bits per heavy atom. The topological polar surface area (TPSA) is 12.0 Å². The van der Waals surface area contributed by atoms with E-state index in [2.05, 4.69) is 52.4 Å². The van der Waals surface area contributed by atoms with Crippen LogP contribution in [0.5, 0.6) is 0 Å². The average molecular weight is 336 g/mol. The minimum Gasteiger partial charge on any atom is -0.316 e. The minimum atomic E-state index is -0.205. The largest absolute Gasteiger partial charge is 0.316 e. The first-order chi connectivity index (χ1) is 9.70. The first-order valence-electron chi connectivity index (χ1n) is 6.90. The Labute approximate surface area is 128 Å². The maximum absolute atomic E-state index is 13.2. The van der Waals surface area contributed by atoms with Crippen molar-refractivity contribution in [2.45, 2.75) is 19.3 Å². The van der Waals surface area contributed by atoms with Crippen LogP contribution < -0.4 is 5.32 Å². The highest BCUT2D eigenvalue weighted by atomic mass is 79.9. The van der Waals surface area contributed by atoms with Crippen LogP contribution in [0.1, 0.15) is 24.0 Å². The van der Waals surface area contributed by atoms with Crippen molar-refractivity contribution in [1.82, 2.24) is 5.32 Å².